The standard InChI is InChI=1S/C9H9NO2S/c1-7(6-11)5-10-9(12)8-3-2-4-13-8/h2-4H,5H2,1H3,(H,10,12). The van der Waals surface area contributed by atoms with E-state index in [1.54, 1.807) is 18.9 Å². The first kappa shape index (κ1) is 9.71. The van der Waals surface area contributed by atoms with Crippen LogP contribution in [0.4, 0.5) is 0 Å². The molecule has 4 heteroatoms. The second kappa shape index (κ2) is 4.60. The zero-order chi connectivity index (χ0) is 9.68. The van der Waals surface area contributed by atoms with Crippen LogP contribution in [0.5, 0.6) is 0 Å². The third kappa shape index (κ3) is 2.86. The lowest BCUT2D eigenvalue weighted by atomic mass is 10.3. The van der Waals surface area contributed by atoms with Gasteiger partial charge in [-0.3, -0.25) is 4.79 Å². The van der Waals surface area contributed by atoms with Gasteiger partial charge in [0.05, 0.1) is 4.88 Å². The van der Waals surface area contributed by atoms with Gasteiger partial charge in [-0.25, -0.2) is 4.79 Å². The molecule has 68 valence electrons. The highest BCUT2D eigenvalue weighted by Crippen LogP contribution is 2.07. The summed E-state index contributed by atoms with van der Waals surface area (Å²) < 4.78 is 0. The Morgan fingerprint density at radius 1 is 1.69 bits per heavy atom. The van der Waals surface area contributed by atoms with Crippen molar-refractivity contribution in [2.75, 3.05) is 6.54 Å². The molecule has 1 N–H and O–H groups in total. The van der Waals surface area contributed by atoms with E-state index >= 15 is 0 Å². The summed E-state index contributed by atoms with van der Waals surface area (Å²) in [5, 5.41) is 4.44. The summed E-state index contributed by atoms with van der Waals surface area (Å²) in [5.74, 6) is 1.57. The molecule has 1 heterocycles. The molecule has 0 fully saturated rings. The smallest absolute Gasteiger partial charge is 0.261 e. The van der Waals surface area contributed by atoms with Crippen LogP contribution in [0.15, 0.2) is 23.1 Å². The molecule has 0 bridgehead atoms. The number of carbonyl (C=O) groups is 1. The number of hydrogen-bond acceptors (Lipinski definition) is 3. The van der Waals surface area contributed by atoms with E-state index in [1.165, 1.54) is 11.3 Å². The van der Waals surface area contributed by atoms with Gasteiger partial charge in [0.25, 0.3) is 5.91 Å². The molecule has 1 aromatic rings. The maximum absolute atomic E-state index is 11.3. The van der Waals surface area contributed by atoms with Crippen LogP contribution in [0, 0.1) is 0 Å². The summed E-state index contributed by atoms with van der Waals surface area (Å²) in [6, 6.07) is 3.54. The third-order valence-electron chi connectivity index (χ3n) is 1.43. The quantitative estimate of drug-likeness (QED) is 0.738. The Labute approximate surface area is 80.1 Å². The highest BCUT2D eigenvalue weighted by Gasteiger charge is 2.04. The second-order valence-electron chi connectivity index (χ2n) is 2.54. The predicted octanol–water partition coefficient (Wildman–Crippen LogP) is 1.26. The molecule has 0 saturated carbocycles. The van der Waals surface area contributed by atoms with Crippen molar-refractivity contribution in [1.29, 1.82) is 0 Å². The summed E-state index contributed by atoms with van der Waals surface area (Å²) in [6.45, 7) is 1.89. The SMILES string of the molecule is CC(=C=O)CNC(=O)c1cccs1. The third-order valence-corrected chi connectivity index (χ3v) is 2.30. The van der Waals surface area contributed by atoms with Gasteiger partial charge in [-0.15, -0.1) is 11.3 Å². The average molecular weight is 195 g/mol. The van der Waals surface area contributed by atoms with E-state index in [4.69, 9.17) is 0 Å². The van der Waals surface area contributed by atoms with Crippen LogP contribution in [0.2, 0.25) is 0 Å². The molecule has 1 aromatic heterocycles. The van der Waals surface area contributed by atoms with Crippen molar-refractivity contribution in [3.05, 3.63) is 28.0 Å². The van der Waals surface area contributed by atoms with Crippen molar-refractivity contribution >= 4 is 23.2 Å². The van der Waals surface area contributed by atoms with Crippen LogP contribution >= 0.6 is 11.3 Å². The molecule has 0 aliphatic rings. The minimum atomic E-state index is -0.149. The monoisotopic (exact) mass is 195 g/mol. The Morgan fingerprint density at radius 3 is 3.00 bits per heavy atom. The Kier molecular flexibility index (Phi) is 3.43. The molecule has 0 aliphatic heterocycles. The molecule has 1 rings (SSSR count). The van der Waals surface area contributed by atoms with Crippen LogP contribution < -0.4 is 5.32 Å². The van der Waals surface area contributed by atoms with Crippen LogP contribution in [-0.4, -0.2) is 18.4 Å². The van der Waals surface area contributed by atoms with Crippen molar-refractivity contribution < 1.29 is 9.59 Å². The van der Waals surface area contributed by atoms with Gasteiger partial charge in [-0.2, -0.15) is 0 Å². The lowest BCUT2D eigenvalue weighted by Gasteiger charge is -1.99. The van der Waals surface area contributed by atoms with Crippen molar-refractivity contribution in [3.8, 4) is 0 Å². The summed E-state index contributed by atoms with van der Waals surface area (Å²) in [5.41, 5.74) is 0.491. The number of nitrogens with one attached hydrogen (secondary N) is 1. The van der Waals surface area contributed by atoms with Crippen molar-refractivity contribution in [2.45, 2.75) is 6.92 Å². The van der Waals surface area contributed by atoms with Gasteiger partial charge in [-0.05, 0) is 18.4 Å². The van der Waals surface area contributed by atoms with Crippen molar-refractivity contribution in [1.82, 2.24) is 5.32 Å². The van der Waals surface area contributed by atoms with Gasteiger partial charge >= 0.3 is 0 Å². The van der Waals surface area contributed by atoms with E-state index in [2.05, 4.69) is 5.32 Å². The topological polar surface area (TPSA) is 46.2 Å². The normalized spacial score (nSPS) is 9.00. The lowest BCUT2D eigenvalue weighted by Crippen LogP contribution is -2.24. The molecule has 0 atom stereocenters. The van der Waals surface area contributed by atoms with E-state index in [1.807, 2.05) is 11.4 Å². The average Bonchev–Trinajstić information content (AvgIpc) is 2.66. The summed E-state index contributed by atoms with van der Waals surface area (Å²) in [6.07, 6.45) is 0. The summed E-state index contributed by atoms with van der Waals surface area (Å²) >= 11 is 1.37. The predicted molar refractivity (Wildman–Crippen MR) is 51.5 cm³/mol. The van der Waals surface area contributed by atoms with Gasteiger partial charge in [0, 0.05) is 12.1 Å². The van der Waals surface area contributed by atoms with E-state index in [0.29, 0.717) is 10.5 Å². The lowest BCUT2D eigenvalue weighted by molar-refractivity contribution is 0.0961. The first-order valence-electron chi connectivity index (χ1n) is 3.76. The van der Waals surface area contributed by atoms with E-state index in [-0.39, 0.29) is 12.5 Å². The van der Waals surface area contributed by atoms with Crippen LogP contribution in [0.3, 0.4) is 0 Å². The van der Waals surface area contributed by atoms with Gasteiger partial charge in [0.15, 0.2) is 0 Å². The van der Waals surface area contributed by atoms with Gasteiger partial charge in [0.1, 0.15) is 5.94 Å². The van der Waals surface area contributed by atoms with Gasteiger partial charge < -0.3 is 5.32 Å². The number of amides is 1. The van der Waals surface area contributed by atoms with Crippen molar-refractivity contribution in [3.63, 3.8) is 0 Å². The van der Waals surface area contributed by atoms with Gasteiger partial charge in [-0.1, -0.05) is 6.07 Å². The second-order valence-corrected chi connectivity index (χ2v) is 3.49. The molecule has 0 aromatic carbocycles. The minimum Gasteiger partial charge on any atom is -0.347 e. The fraction of sp³-hybridized carbons (Fsp3) is 0.222. The molecule has 0 aliphatic carbocycles. The zero-order valence-electron chi connectivity index (χ0n) is 7.16. The maximum Gasteiger partial charge on any atom is 0.261 e. The fourth-order valence-corrected chi connectivity index (χ4v) is 1.38. The van der Waals surface area contributed by atoms with E-state index < -0.39 is 0 Å². The fourth-order valence-electron chi connectivity index (χ4n) is 0.744. The molecular formula is C9H9NO2S. The number of carbonyl (C=O) groups excluding carboxylic acids is 2. The summed E-state index contributed by atoms with van der Waals surface area (Å²) in [7, 11) is 0. The molecule has 0 spiro atoms. The number of thiophene rings is 1. The Bertz CT molecular complexity index is 337. The number of rotatable bonds is 3. The molecule has 0 unspecified atom stereocenters. The highest BCUT2D eigenvalue weighted by atomic mass is 32.1. The highest BCUT2D eigenvalue weighted by molar-refractivity contribution is 7.12. The molecule has 0 radical (unpaired) electrons. The Balaban J connectivity index is 2.48. The van der Waals surface area contributed by atoms with E-state index in [9.17, 15) is 9.59 Å². The van der Waals surface area contributed by atoms with E-state index in [0.717, 1.165) is 0 Å². The molecule has 1 amide bonds. The van der Waals surface area contributed by atoms with Crippen LogP contribution in [0.1, 0.15) is 16.6 Å². The Hall–Kier alpha value is -1.38. The first-order valence-corrected chi connectivity index (χ1v) is 4.64. The minimum absolute atomic E-state index is 0.149. The summed E-state index contributed by atoms with van der Waals surface area (Å²) in [4.78, 5) is 22.0. The molecular weight excluding hydrogens is 186 g/mol. The molecule has 3 nitrogen and oxygen atoms in total. The number of hydrogen-bond donors (Lipinski definition) is 1. The first-order chi connectivity index (χ1) is 6.24. The van der Waals surface area contributed by atoms with Crippen LogP contribution in [0.25, 0.3) is 0 Å². The zero-order valence-corrected chi connectivity index (χ0v) is 7.98. The van der Waals surface area contributed by atoms with Crippen molar-refractivity contribution in [2.24, 2.45) is 0 Å². The molecule has 0 saturated heterocycles. The van der Waals surface area contributed by atoms with Gasteiger partial charge in [0.2, 0.25) is 0 Å². The van der Waals surface area contributed by atoms with Crippen LogP contribution in [-0.2, 0) is 4.79 Å². The maximum atomic E-state index is 11.3. The molecule has 13 heavy (non-hydrogen) atoms. The largest absolute Gasteiger partial charge is 0.347 e. The Morgan fingerprint density at radius 2 is 2.46 bits per heavy atom.